The van der Waals surface area contributed by atoms with Crippen molar-refractivity contribution in [3.05, 3.63) is 47.2 Å². The molecule has 0 unspecified atom stereocenters. The van der Waals surface area contributed by atoms with E-state index in [1.807, 2.05) is 13.0 Å². The van der Waals surface area contributed by atoms with Crippen LogP contribution in [0, 0.1) is 6.92 Å². The van der Waals surface area contributed by atoms with Crippen LogP contribution in [0.5, 0.6) is 0 Å². The second-order valence-electron chi connectivity index (χ2n) is 4.98. The molecule has 1 aromatic heterocycles. The first kappa shape index (κ1) is 12.0. The van der Waals surface area contributed by atoms with Crippen LogP contribution in [0.3, 0.4) is 0 Å². The molecule has 0 bridgehead atoms. The minimum absolute atomic E-state index is 0.358. The lowest BCUT2D eigenvalue weighted by atomic mass is 10.0. The average molecular weight is 254 g/mol. The molecule has 0 spiro atoms. The van der Waals surface area contributed by atoms with E-state index >= 15 is 0 Å². The van der Waals surface area contributed by atoms with Crippen molar-refractivity contribution in [1.29, 1.82) is 0 Å². The van der Waals surface area contributed by atoms with Gasteiger partial charge in [0.1, 0.15) is 5.82 Å². The third-order valence-electron chi connectivity index (χ3n) is 3.60. The van der Waals surface area contributed by atoms with E-state index in [2.05, 4.69) is 39.1 Å². The first-order valence-corrected chi connectivity index (χ1v) is 6.65. The van der Waals surface area contributed by atoms with E-state index in [1.165, 1.54) is 11.1 Å². The molecule has 0 radical (unpaired) electrons. The van der Waals surface area contributed by atoms with Gasteiger partial charge in [-0.1, -0.05) is 24.3 Å². The van der Waals surface area contributed by atoms with Gasteiger partial charge in [0.25, 0.3) is 0 Å². The minimum Gasteiger partial charge on any atom is -0.368 e. The van der Waals surface area contributed by atoms with Gasteiger partial charge in [-0.3, -0.25) is 0 Å². The molecule has 0 saturated heterocycles. The normalized spacial score (nSPS) is 14.9. The van der Waals surface area contributed by atoms with E-state index in [1.54, 1.807) is 0 Å². The Morgan fingerprint density at radius 1 is 1.05 bits per heavy atom. The van der Waals surface area contributed by atoms with Crippen LogP contribution < -0.4 is 10.6 Å². The average Bonchev–Trinajstić information content (AvgIpc) is 2.60. The van der Waals surface area contributed by atoms with Crippen LogP contribution in [-0.4, -0.2) is 23.1 Å². The first-order chi connectivity index (χ1) is 9.22. The second-order valence-corrected chi connectivity index (χ2v) is 4.98. The Bertz CT molecular complexity index is 547. The Balaban J connectivity index is 1.85. The van der Waals surface area contributed by atoms with Gasteiger partial charge in [0.05, 0.1) is 0 Å². The quantitative estimate of drug-likeness (QED) is 0.845. The number of aryl methyl sites for hydroxylation is 1. The molecule has 98 valence electrons. The molecule has 0 atom stereocenters. The Labute approximate surface area is 113 Å². The lowest BCUT2D eigenvalue weighted by Gasteiger charge is -2.21. The molecule has 2 heterocycles. The summed E-state index contributed by atoms with van der Waals surface area (Å²) in [5.41, 5.74) is 9.56. The maximum absolute atomic E-state index is 5.74. The number of anilines is 2. The molecule has 2 aromatic rings. The van der Waals surface area contributed by atoms with Gasteiger partial charge in [-0.25, -0.2) is 4.98 Å². The number of hydrogen-bond acceptors (Lipinski definition) is 4. The van der Waals surface area contributed by atoms with Crippen molar-refractivity contribution in [2.45, 2.75) is 19.8 Å². The topological polar surface area (TPSA) is 55.0 Å². The van der Waals surface area contributed by atoms with Crippen LogP contribution in [-0.2, 0) is 12.8 Å². The molecule has 19 heavy (non-hydrogen) atoms. The smallest absolute Gasteiger partial charge is 0.222 e. The van der Waals surface area contributed by atoms with Crippen molar-refractivity contribution < 1.29 is 0 Å². The zero-order valence-corrected chi connectivity index (χ0v) is 11.1. The minimum atomic E-state index is 0.358. The van der Waals surface area contributed by atoms with Crippen LogP contribution >= 0.6 is 0 Å². The van der Waals surface area contributed by atoms with Crippen LogP contribution in [0.4, 0.5) is 11.8 Å². The maximum atomic E-state index is 5.74. The van der Waals surface area contributed by atoms with E-state index in [4.69, 9.17) is 5.73 Å². The number of hydrogen-bond donors (Lipinski definition) is 1. The summed E-state index contributed by atoms with van der Waals surface area (Å²) in [6.07, 6.45) is 2.11. The summed E-state index contributed by atoms with van der Waals surface area (Å²) in [4.78, 5) is 10.8. The van der Waals surface area contributed by atoms with Gasteiger partial charge >= 0.3 is 0 Å². The van der Waals surface area contributed by atoms with Crippen molar-refractivity contribution in [2.24, 2.45) is 0 Å². The zero-order valence-electron chi connectivity index (χ0n) is 11.1. The summed E-state index contributed by atoms with van der Waals surface area (Å²) >= 11 is 0. The van der Waals surface area contributed by atoms with Crippen LogP contribution in [0.15, 0.2) is 30.3 Å². The highest BCUT2D eigenvalue weighted by Gasteiger charge is 2.15. The molecule has 0 amide bonds. The highest BCUT2D eigenvalue weighted by atomic mass is 15.2. The Kier molecular flexibility index (Phi) is 3.07. The van der Waals surface area contributed by atoms with Crippen LogP contribution in [0.1, 0.15) is 16.8 Å². The van der Waals surface area contributed by atoms with Gasteiger partial charge in [-0.2, -0.15) is 4.98 Å². The van der Waals surface area contributed by atoms with E-state index < -0.39 is 0 Å². The molecule has 0 fully saturated rings. The van der Waals surface area contributed by atoms with E-state index in [0.717, 1.165) is 37.4 Å². The molecule has 1 aromatic carbocycles. The molecule has 3 rings (SSSR count). The molecule has 4 nitrogen and oxygen atoms in total. The van der Waals surface area contributed by atoms with E-state index in [9.17, 15) is 0 Å². The second kappa shape index (κ2) is 4.88. The van der Waals surface area contributed by atoms with Crippen LogP contribution in [0.2, 0.25) is 0 Å². The van der Waals surface area contributed by atoms with Gasteiger partial charge in [0.2, 0.25) is 5.95 Å². The van der Waals surface area contributed by atoms with Crippen molar-refractivity contribution in [3.63, 3.8) is 0 Å². The standard InChI is InChI=1S/C15H18N4/c1-11-10-14(18-15(16)17-11)19-8-6-12-4-2-3-5-13(12)7-9-19/h2-5,10H,6-9H2,1H3,(H2,16,17,18). The Hall–Kier alpha value is -2.10. The maximum Gasteiger partial charge on any atom is 0.222 e. The predicted octanol–water partition coefficient (Wildman–Crippen LogP) is 1.97. The third-order valence-corrected chi connectivity index (χ3v) is 3.60. The third kappa shape index (κ3) is 2.52. The van der Waals surface area contributed by atoms with Gasteiger partial charge in [-0.05, 0) is 30.9 Å². The van der Waals surface area contributed by atoms with Crippen LogP contribution in [0.25, 0.3) is 0 Å². The van der Waals surface area contributed by atoms with Crippen molar-refractivity contribution in [3.8, 4) is 0 Å². The summed E-state index contributed by atoms with van der Waals surface area (Å²) < 4.78 is 0. The lowest BCUT2D eigenvalue weighted by molar-refractivity contribution is 0.788. The van der Waals surface area contributed by atoms with Gasteiger partial charge in [-0.15, -0.1) is 0 Å². The Morgan fingerprint density at radius 2 is 1.68 bits per heavy atom. The molecular weight excluding hydrogens is 236 g/mol. The summed E-state index contributed by atoms with van der Waals surface area (Å²) in [7, 11) is 0. The molecule has 1 aliphatic rings. The van der Waals surface area contributed by atoms with Crippen molar-refractivity contribution in [2.75, 3.05) is 23.7 Å². The van der Waals surface area contributed by atoms with E-state index in [0.29, 0.717) is 5.95 Å². The molecule has 0 saturated carbocycles. The summed E-state index contributed by atoms with van der Waals surface area (Å²) in [6, 6.07) is 10.7. The highest BCUT2D eigenvalue weighted by molar-refractivity contribution is 5.45. The fourth-order valence-electron chi connectivity index (χ4n) is 2.63. The number of nitrogen functional groups attached to an aromatic ring is 1. The number of benzene rings is 1. The number of nitrogens with zero attached hydrogens (tertiary/aromatic N) is 3. The van der Waals surface area contributed by atoms with Gasteiger partial charge in [0.15, 0.2) is 0 Å². The monoisotopic (exact) mass is 254 g/mol. The summed E-state index contributed by atoms with van der Waals surface area (Å²) in [6.45, 7) is 3.91. The fraction of sp³-hybridized carbons (Fsp3) is 0.333. The fourth-order valence-corrected chi connectivity index (χ4v) is 2.63. The predicted molar refractivity (Wildman–Crippen MR) is 77.2 cm³/mol. The molecule has 2 N–H and O–H groups in total. The Morgan fingerprint density at radius 3 is 2.26 bits per heavy atom. The SMILES string of the molecule is Cc1cc(N2CCc3ccccc3CC2)nc(N)n1. The lowest BCUT2D eigenvalue weighted by Crippen LogP contribution is -2.27. The molecule has 0 aliphatic carbocycles. The summed E-state index contributed by atoms with van der Waals surface area (Å²) in [5.74, 6) is 1.30. The number of aromatic nitrogens is 2. The molecule has 1 aliphatic heterocycles. The number of fused-ring (bicyclic) bond motifs is 1. The first-order valence-electron chi connectivity index (χ1n) is 6.65. The number of nitrogens with two attached hydrogens (primary N) is 1. The van der Waals surface area contributed by atoms with Gasteiger partial charge < -0.3 is 10.6 Å². The number of rotatable bonds is 1. The zero-order chi connectivity index (χ0) is 13.2. The van der Waals surface area contributed by atoms with Crippen molar-refractivity contribution in [1.82, 2.24) is 9.97 Å². The molecule has 4 heteroatoms. The van der Waals surface area contributed by atoms with E-state index in [-0.39, 0.29) is 0 Å². The van der Waals surface area contributed by atoms with Gasteiger partial charge in [0, 0.05) is 24.8 Å². The largest absolute Gasteiger partial charge is 0.368 e. The van der Waals surface area contributed by atoms with Crippen molar-refractivity contribution >= 4 is 11.8 Å². The molecular formula is C15H18N4. The highest BCUT2D eigenvalue weighted by Crippen LogP contribution is 2.20. The summed E-state index contributed by atoms with van der Waals surface area (Å²) in [5, 5.41) is 0.